The molecule has 0 aliphatic heterocycles. The Balaban J connectivity index is 2.22. The van der Waals surface area contributed by atoms with Gasteiger partial charge in [-0.1, -0.05) is 62.4 Å². The second kappa shape index (κ2) is 10.4. The third-order valence-electron chi connectivity index (χ3n) is 4.48. The Morgan fingerprint density at radius 1 is 0.967 bits per heavy atom. The van der Waals surface area contributed by atoms with Gasteiger partial charge in [0.2, 0.25) is 21.8 Å². The number of carbonyl (C=O) groups is 2. The van der Waals surface area contributed by atoms with E-state index in [4.69, 9.17) is 0 Å². The Hall–Kier alpha value is -2.71. The summed E-state index contributed by atoms with van der Waals surface area (Å²) in [6, 6.07) is 14.6. The Morgan fingerprint density at radius 2 is 1.57 bits per heavy atom. The fraction of sp³-hybridized carbons (Fsp3) is 0.364. The molecule has 8 heteroatoms. The minimum atomic E-state index is -3.65. The molecule has 1 atom stereocenters. The van der Waals surface area contributed by atoms with Gasteiger partial charge in [0.05, 0.1) is 4.90 Å². The lowest BCUT2D eigenvalue weighted by Crippen LogP contribution is -2.40. The molecule has 0 radical (unpaired) electrons. The summed E-state index contributed by atoms with van der Waals surface area (Å²) in [5.74, 6) is -0.465. The number of sulfonamides is 1. The van der Waals surface area contributed by atoms with Crippen molar-refractivity contribution < 1.29 is 18.0 Å². The van der Waals surface area contributed by atoms with Gasteiger partial charge >= 0.3 is 0 Å². The van der Waals surface area contributed by atoms with E-state index in [-0.39, 0.29) is 23.3 Å². The summed E-state index contributed by atoms with van der Waals surface area (Å²) in [6.07, 6.45) is 0.306. The summed E-state index contributed by atoms with van der Waals surface area (Å²) in [5.41, 5.74) is 1.13. The fourth-order valence-corrected chi connectivity index (χ4v) is 4.03. The first-order valence-electron chi connectivity index (χ1n) is 9.75. The molecule has 2 aromatic rings. The molecule has 0 saturated heterocycles. The van der Waals surface area contributed by atoms with Crippen LogP contribution in [0.25, 0.3) is 0 Å². The zero-order valence-electron chi connectivity index (χ0n) is 17.8. The van der Waals surface area contributed by atoms with E-state index in [9.17, 15) is 18.0 Å². The SMILES string of the molecule is CC(C)CC(=O)NC(C(=O)NCc1ccccc1S(=O)(=O)N(C)C)c1ccccc1. The monoisotopic (exact) mass is 431 g/mol. The van der Waals surface area contributed by atoms with Gasteiger partial charge in [0.25, 0.3) is 0 Å². The molecule has 2 aromatic carbocycles. The second-order valence-corrected chi connectivity index (χ2v) is 9.74. The topological polar surface area (TPSA) is 95.6 Å². The number of hydrogen-bond donors (Lipinski definition) is 2. The predicted molar refractivity (Wildman–Crippen MR) is 116 cm³/mol. The maximum absolute atomic E-state index is 12.9. The normalized spacial score (nSPS) is 12.6. The molecule has 0 spiro atoms. The summed E-state index contributed by atoms with van der Waals surface area (Å²) < 4.78 is 26.2. The van der Waals surface area contributed by atoms with Gasteiger partial charge in [0.15, 0.2) is 0 Å². The molecule has 0 heterocycles. The van der Waals surface area contributed by atoms with Crippen LogP contribution in [0.3, 0.4) is 0 Å². The lowest BCUT2D eigenvalue weighted by Gasteiger charge is -2.20. The van der Waals surface area contributed by atoms with E-state index in [1.165, 1.54) is 20.2 Å². The average molecular weight is 432 g/mol. The minimum absolute atomic E-state index is 0.0193. The van der Waals surface area contributed by atoms with Crippen LogP contribution < -0.4 is 10.6 Å². The smallest absolute Gasteiger partial charge is 0.247 e. The van der Waals surface area contributed by atoms with Gasteiger partial charge in [-0.15, -0.1) is 0 Å². The summed E-state index contributed by atoms with van der Waals surface area (Å²) in [4.78, 5) is 25.4. The van der Waals surface area contributed by atoms with Crippen LogP contribution in [-0.4, -0.2) is 38.6 Å². The van der Waals surface area contributed by atoms with Crippen LogP contribution in [0.15, 0.2) is 59.5 Å². The molecular weight excluding hydrogens is 402 g/mol. The van der Waals surface area contributed by atoms with Crippen molar-refractivity contribution in [3.63, 3.8) is 0 Å². The van der Waals surface area contributed by atoms with Gasteiger partial charge in [0.1, 0.15) is 6.04 Å². The van der Waals surface area contributed by atoms with Crippen molar-refractivity contribution in [1.82, 2.24) is 14.9 Å². The van der Waals surface area contributed by atoms with E-state index in [0.29, 0.717) is 17.5 Å². The van der Waals surface area contributed by atoms with Crippen molar-refractivity contribution in [3.05, 3.63) is 65.7 Å². The van der Waals surface area contributed by atoms with Crippen molar-refractivity contribution in [2.75, 3.05) is 14.1 Å². The average Bonchev–Trinajstić information content (AvgIpc) is 2.70. The Bertz CT molecular complexity index is 973. The highest BCUT2D eigenvalue weighted by molar-refractivity contribution is 7.89. The molecule has 2 N–H and O–H groups in total. The fourth-order valence-electron chi connectivity index (χ4n) is 2.92. The zero-order chi connectivity index (χ0) is 22.3. The first-order valence-corrected chi connectivity index (χ1v) is 11.2. The zero-order valence-corrected chi connectivity index (χ0v) is 18.6. The highest BCUT2D eigenvalue weighted by atomic mass is 32.2. The quantitative estimate of drug-likeness (QED) is 0.638. The number of rotatable bonds is 9. The number of nitrogens with one attached hydrogen (secondary N) is 2. The van der Waals surface area contributed by atoms with Gasteiger partial charge in [-0.25, -0.2) is 12.7 Å². The van der Waals surface area contributed by atoms with E-state index >= 15 is 0 Å². The lowest BCUT2D eigenvalue weighted by molar-refractivity contribution is -0.129. The molecule has 0 fully saturated rings. The maximum Gasteiger partial charge on any atom is 0.247 e. The molecule has 0 saturated carbocycles. The molecule has 30 heavy (non-hydrogen) atoms. The standard InChI is InChI=1S/C22H29N3O4S/c1-16(2)14-20(26)24-21(17-10-6-5-7-11-17)22(27)23-15-18-12-8-9-13-19(18)30(28,29)25(3)4/h5-13,16,21H,14-15H2,1-4H3,(H,23,27)(H,24,26). The number of hydrogen-bond acceptors (Lipinski definition) is 4. The Labute approximate surface area is 178 Å². The lowest BCUT2D eigenvalue weighted by atomic mass is 10.0. The first kappa shape index (κ1) is 23.6. The molecule has 7 nitrogen and oxygen atoms in total. The van der Waals surface area contributed by atoms with Crippen molar-refractivity contribution in [2.45, 2.75) is 37.8 Å². The van der Waals surface area contributed by atoms with Crippen LogP contribution >= 0.6 is 0 Å². The van der Waals surface area contributed by atoms with Gasteiger partial charge in [-0.3, -0.25) is 9.59 Å². The van der Waals surface area contributed by atoms with Crippen LogP contribution in [0.5, 0.6) is 0 Å². The van der Waals surface area contributed by atoms with E-state index < -0.39 is 22.0 Å². The highest BCUT2D eigenvalue weighted by Gasteiger charge is 2.25. The highest BCUT2D eigenvalue weighted by Crippen LogP contribution is 2.19. The number of carbonyl (C=O) groups excluding carboxylic acids is 2. The summed E-state index contributed by atoms with van der Waals surface area (Å²) in [6.45, 7) is 3.88. The van der Waals surface area contributed by atoms with Gasteiger partial charge in [-0.05, 0) is 23.1 Å². The molecule has 0 aromatic heterocycles. The summed E-state index contributed by atoms with van der Waals surface area (Å²) >= 11 is 0. The van der Waals surface area contributed by atoms with Crippen molar-refractivity contribution in [1.29, 1.82) is 0 Å². The molecule has 0 bridgehead atoms. The van der Waals surface area contributed by atoms with Crippen molar-refractivity contribution in [3.8, 4) is 0 Å². The molecule has 162 valence electrons. The number of benzene rings is 2. The first-order chi connectivity index (χ1) is 14.1. The third-order valence-corrected chi connectivity index (χ3v) is 6.39. The van der Waals surface area contributed by atoms with Gasteiger partial charge in [0, 0.05) is 27.1 Å². The Morgan fingerprint density at radius 3 is 2.17 bits per heavy atom. The summed E-state index contributed by atoms with van der Waals surface area (Å²) in [7, 11) is -0.731. The van der Waals surface area contributed by atoms with Crippen LogP contribution in [0, 0.1) is 5.92 Å². The third kappa shape index (κ3) is 6.14. The minimum Gasteiger partial charge on any atom is -0.350 e. The molecule has 0 aliphatic carbocycles. The van der Waals surface area contributed by atoms with E-state index in [1.807, 2.05) is 19.9 Å². The Kier molecular flexibility index (Phi) is 8.14. The van der Waals surface area contributed by atoms with Crippen LogP contribution in [0.4, 0.5) is 0 Å². The maximum atomic E-state index is 12.9. The second-order valence-electron chi connectivity index (χ2n) is 7.62. The van der Waals surface area contributed by atoms with E-state index in [0.717, 1.165) is 4.31 Å². The molecule has 0 aliphatic rings. The van der Waals surface area contributed by atoms with Crippen LogP contribution in [0.2, 0.25) is 0 Å². The molecule has 2 rings (SSSR count). The van der Waals surface area contributed by atoms with Crippen molar-refractivity contribution >= 4 is 21.8 Å². The number of amides is 2. The number of nitrogens with zero attached hydrogens (tertiary/aromatic N) is 1. The largest absolute Gasteiger partial charge is 0.350 e. The molecule has 2 amide bonds. The van der Waals surface area contributed by atoms with E-state index in [1.54, 1.807) is 42.5 Å². The molecular formula is C22H29N3O4S. The van der Waals surface area contributed by atoms with Crippen LogP contribution in [0.1, 0.15) is 37.4 Å². The van der Waals surface area contributed by atoms with Gasteiger partial charge < -0.3 is 10.6 Å². The molecule has 1 unspecified atom stereocenters. The van der Waals surface area contributed by atoms with Crippen LogP contribution in [-0.2, 0) is 26.2 Å². The predicted octanol–water partition coefficient (Wildman–Crippen LogP) is 2.46. The van der Waals surface area contributed by atoms with E-state index in [2.05, 4.69) is 10.6 Å². The van der Waals surface area contributed by atoms with Gasteiger partial charge in [-0.2, -0.15) is 0 Å². The summed E-state index contributed by atoms with van der Waals surface area (Å²) in [5, 5.41) is 5.56. The van der Waals surface area contributed by atoms with Crippen molar-refractivity contribution in [2.24, 2.45) is 5.92 Å².